The minimum absolute atomic E-state index is 0.0196. The number of nitro groups is 1. The Morgan fingerprint density at radius 1 is 1.45 bits per heavy atom. The highest BCUT2D eigenvalue weighted by molar-refractivity contribution is 8.00. The molecule has 0 saturated carbocycles. The van der Waals surface area contributed by atoms with E-state index in [9.17, 15) is 14.9 Å². The molecule has 0 bridgehead atoms. The Hall–Kier alpha value is -1.60. The lowest BCUT2D eigenvalue weighted by Crippen LogP contribution is -2.30. The molecule has 0 radical (unpaired) electrons. The molecule has 1 aromatic carbocycles. The molecule has 0 aliphatic carbocycles. The van der Waals surface area contributed by atoms with Gasteiger partial charge in [-0.15, -0.1) is 11.8 Å². The van der Waals surface area contributed by atoms with Crippen molar-refractivity contribution in [3.63, 3.8) is 0 Å². The molecule has 0 atom stereocenters. The number of rotatable bonds is 5. The van der Waals surface area contributed by atoms with Crippen molar-refractivity contribution in [1.82, 2.24) is 5.32 Å². The van der Waals surface area contributed by atoms with Crippen LogP contribution in [0, 0.1) is 10.1 Å². The molecule has 1 fully saturated rings. The van der Waals surface area contributed by atoms with E-state index in [1.165, 1.54) is 12.1 Å². The predicted molar refractivity (Wildman–Crippen MR) is 80.1 cm³/mol. The zero-order valence-corrected chi connectivity index (χ0v) is 11.8. The van der Waals surface area contributed by atoms with E-state index in [1.54, 1.807) is 23.9 Å². The van der Waals surface area contributed by atoms with Crippen molar-refractivity contribution in [2.24, 2.45) is 0 Å². The van der Waals surface area contributed by atoms with Gasteiger partial charge in [0.25, 0.3) is 5.69 Å². The summed E-state index contributed by atoms with van der Waals surface area (Å²) in [5.41, 5.74) is 0.448. The Labute approximate surface area is 121 Å². The summed E-state index contributed by atoms with van der Waals surface area (Å²) >= 11 is 1.65. The summed E-state index contributed by atoms with van der Waals surface area (Å²) in [5, 5.41) is 17.2. The fraction of sp³-hybridized carbons (Fsp3) is 0.462. The number of non-ortho nitro benzene ring substituents is 1. The maximum absolute atomic E-state index is 11.8. The molecule has 20 heavy (non-hydrogen) atoms. The van der Waals surface area contributed by atoms with Gasteiger partial charge in [0.15, 0.2) is 0 Å². The summed E-state index contributed by atoms with van der Waals surface area (Å²) in [7, 11) is 0. The third kappa shape index (κ3) is 4.50. The third-order valence-corrected chi connectivity index (χ3v) is 4.45. The highest BCUT2D eigenvalue weighted by Gasteiger charge is 2.15. The van der Waals surface area contributed by atoms with E-state index in [4.69, 9.17) is 0 Å². The van der Waals surface area contributed by atoms with Crippen molar-refractivity contribution < 1.29 is 9.72 Å². The molecule has 1 aliphatic heterocycles. The average molecular weight is 295 g/mol. The predicted octanol–water partition coefficient (Wildman–Crippen LogP) is 2.02. The molecule has 2 rings (SSSR count). The molecule has 1 aromatic rings. The zero-order chi connectivity index (χ0) is 14.4. The standard InChI is InChI=1S/C13H17N3O3S/c17-13(9-20-12-4-6-14-7-5-12)15-10-2-1-3-11(8-10)16(18)19/h1-3,8,12,14H,4-7,9H2,(H,15,17). The van der Waals surface area contributed by atoms with Crippen LogP contribution in [0.5, 0.6) is 0 Å². The van der Waals surface area contributed by atoms with E-state index in [0.29, 0.717) is 16.7 Å². The molecule has 1 amide bonds. The van der Waals surface area contributed by atoms with Gasteiger partial charge < -0.3 is 10.6 Å². The highest BCUT2D eigenvalue weighted by Crippen LogP contribution is 2.21. The van der Waals surface area contributed by atoms with Crippen molar-refractivity contribution in [1.29, 1.82) is 0 Å². The number of piperidine rings is 1. The summed E-state index contributed by atoms with van der Waals surface area (Å²) in [5.74, 6) is 0.266. The van der Waals surface area contributed by atoms with Gasteiger partial charge in [-0.05, 0) is 32.0 Å². The van der Waals surface area contributed by atoms with Gasteiger partial charge in [-0.25, -0.2) is 0 Å². The van der Waals surface area contributed by atoms with Crippen molar-refractivity contribution in [3.05, 3.63) is 34.4 Å². The molecular formula is C13H17N3O3S. The molecule has 0 spiro atoms. The van der Waals surface area contributed by atoms with Crippen LogP contribution in [0.3, 0.4) is 0 Å². The maximum atomic E-state index is 11.8. The fourth-order valence-corrected chi connectivity index (χ4v) is 3.08. The molecule has 1 heterocycles. The van der Waals surface area contributed by atoms with Crippen LogP contribution in [0.25, 0.3) is 0 Å². The number of carbonyl (C=O) groups is 1. The van der Waals surface area contributed by atoms with Crippen molar-refractivity contribution >= 4 is 29.0 Å². The Morgan fingerprint density at radius 3 is 2.90 bits per heavy atom. The lowest BCUT2D eigenvalue weighted by Gasteiger charge is -2.21. The number of nitrogens with one attached hydrogen (secondary N) is 2. The number of nitrogens with zero attached hydrogens (tertiary/aromatic N) is 1. The van der Waals surface area contributed by atoms with Gasteiger partial charge in [0.05, 0.1) is 10.7 Å². The van der Waals surface area contributed by atoms with Crippen molar-refractivity contribution in [2.75, 3.05) is 24.2 Å². The number of thioether (sulfide) groups is 1. The van der Waals surface area contributed by atoms with E-state index in [1.807, 2.05) is 0 Å². The average Bonchev–Trinajstić information content (AvgIpc) is 2.46. The van der Waals surface area contributed by atoms with Crippen LogP contribution in [0.2, 0.25) is 0 Å². The minimum Gasteiger partial charge on any atom is -0.325 e. The SMILES string of the molecule is O=C(CSC1CCNCC1)Nc1cccc([N+](=O)[O-])c1. The molecule has 0 aromatic heterocycles. The quantitative estimate of drug-likeness (QED) is 0.641. The minimum atomic E-state index is -0.473. The van der Waals surface area contributed by atoms with Gasteiger partial charge in [-0.3, -0.25) is 14.9 Å². The van der Waals surface area contributed by atoms with Crippen LogP contribution >= 0.6 is 11.8 Å². The molecule has 1 saturated heterocycles. The van der Waals surface area contributed by atoms with Crippen LogP contribution in [-0.4, -0.2) is 34.9 Å². The van der Waals surface area contributed by atoms with Crippen LogP contribution < -0.4 is 10.6 Å². The summed E-state index contributed by atoms with van der Waals surface area (Å²) in [6, 6.07) is 5.99. The first-order chi connectivity index (χ1) is 9.65. The van der Waals surface area contributed by atoms with E-state index < -0.39 is 4.92 Å². The lowest BCUT2D eigenvalue weighted by molar-refractivity contribution is -0.384. The monoisotopic (exact) mass is 295 g/mol. The Kier molecular flexibility index (Phi) is 5.37. The first-order valence-electron chi connectivity index (χ1n) is 6.52. The number of hydrogen-bond acceptors (Lipinski definition) is 5. The number of benzene rings is 1. The fourth-order valence-electron chi connectivity index (χ4n) is 2.05. The summed E-state index contributed by atoms with van der Waals surface area (Å²) in [4.78, 5) is 22.0. The van der Waals surface area contributed by atoms with Gasteiger partial charge in [0.1, 0.15) is 0 Å². The Bertz CT molecular complexity index is 490. The van der Waals surface area contributed by atoms with Gasteiger partial charge in [0, 0.05) is 23.1 Å². The van der Waals surface area contributed by atoms with E-state index in [2.05, 4.69) is 10.6 Å². The molecule has 108 valence electrons. The van der Waals surface area contributed by atoms with Crippen molar-refractivity contribution in [3.8, 4) is 0 Å². The maximum Gasteiger partial charge on any atom is 0.271 e. The van der Waals surface area contributed by atoms with Gasteiger partial charge >= 0.3 is 0 Å². The first-order valence-corrected chi connectivity index (χ1v) is 7.56. The summed E-state index contributed by atoms with van der Waals surface area (Å²) in [6.45, 7) is 2.01. The van der Waals surface area contributed by atoms with E-state index >= 15 is 0 Å². The molecular weight excluding hydrogens is 278 g/mol. The molecule has 6 nitrogen and oxygen atoms in total. The van der Waals surface area contributed by atoms with Gasteiger partial charge in [0.2, 0.25) is 5.91 Å². The number of hydrogen-bond donors (Lipinski definition) is 2. The number of amides is 1. The second kappa shape index (κ2) is 7.25. The normalized spacial score (nSPS) is 15.8. The van der Waals surface area contributed by atoms with Crippen molar-refractivity contribution in [2.45, 2.75) is 18.1 Å². The lowest BCUT2D eigenvalue weighted by atomic mass is 10.2. The van der Waals surface area contributed by atoms with E-state index in [-0.39, 0.29) is 11.6 Å². The topological polar surface area (TPSA) is 84.3 Å². The second-order valence-corrected chi connectivity index (χ2v) is 5.90. The van der Waals surface area contributed by atoms with Crippen LogP contribution in [-0.2, 0) is 4.79 Å². The number of anilines is 1. The third-order valence-electron chi connectivity index (χ3n) is 3.08. The van der Waals surface area contributed by atoms with Gasteiger partial charge in [-0.1, -0.05) is 6.07 Å². The van der Waals surface area contributed by atoms with Crippen LogP contribution in [0.1, 0.15) is 12.8 Å². The summed E-state index contributed by atoms with van der Waals surface area (Å²) in [6.07, 6.45) is 2.16. The molecule has 2 N–H and O–H groups in total. The number of carbonyl (C=O) groups excluding carboxylic acids is 1. The van der Waals surface area contributed by atoms with Gasteiger partial charge in [-0.2, -0.15) is 0 Å². The summed E-state index contributed by atoms with van der Waals surface area (Å²) < 4.78 is 0. The van der Waals surface area contributed by atoms with E-state index in [0.717, 1.165) is 25.9 Å². The second-order valence-electron chi connectivity index (χ2n) is 4.62. The molecule has 7 heteroatoms. The largest absolute Gasteiger partial charge is 0.325 e. The first kappa shape index (κ1) is 14.8. The highest BCUT2D eigenvalue weighted by atomic mass is 32.2. The number of nitro benzene ring substituents is 1. The van der Waals surface area contributed by atoms with Crippen LogP contribution in [0.4, 0.5) is 11.4 Å². The Balaban J connectivity index is 1.81. The molecule has 0 unspecified atom stereocenters. The van der Waals surface area contributed by atoms with Crippen LogP contribution in [0.15, 0.2) is 24.3 Å². The Morgan fingerprint density at radius 2 is 2.20 bits per heavy atom. The zero-order valence-electron chi connectivity index (χ0n) is 11.0. The molecule has 1 aliphatic rings. The smallest absolute Gasteiger partial charge is 0.271 e.